The Kier molecular flexibility index (Phi) is 4.74. The molecule has 0 atom stereocenters. The van der Waals surface area contributed by atoms with Gasteiger partial charge in [-0.05, 0) is 31.0 Å². The highest BCUT2D eigenvalue weighted by Gasteiger charge is 2.15. The van der Waals surface area contributed by atoms with E-state index in [1.165, 1.54) is 0 Å². The summed E-state index contributed by atoms with van der Waals surface area (Å²) in [5, 5.41) is 3.59. The average Bonchev–Trinajstić information content (AvgIpc) is 2.84. The Labute approximate surface area is 122 Å². The van der Waals surface area contributed by atoms with Crippen molar-refractivity contribution in [2.45, 2.75) is 24.8 Å². The highest BCUT2D eigenvalue weighted by Crippen LogP contribution is 2.12. The van der Waals surface area contributed by atoms with Gasteiger partial charge in [0.1, 0.15) is 0 Å². The molecule has 0 bridgehead atoms. The molecule has 0 radical (unpaired) electrons. The summed E-state index contributed by atoms with van der Waals surface area (Å²) in [5.74, 6) is 1.19. The molecule has 0 aliphatic rings. The van der Waals surface area contributed by atoms with Crippen molar-refractivity contribution in [2.75, 3.05) is 5.88 Å². The van der Waals surface area contributed by atoms with Gasteiger partial charge < -0.3 is 4.52 Å². The largest absolute Gasteiger partial charge is 0.338 e. The van der Waals surface area contributed by atoms with Crippen LogP contribution < -0.4 is 4.72 Å². The monoisotopic (exact) mass is 315 g/mol. The van der Waals surface area contributed by atoms with Gasteiger partial charge in [-0.3, -0.25) is 0 Å². The van der Waals surface area contributed by atoms with Crippen LogP contribution in [0.2, 0.25) is 0 Å². The van der Waals surface area contributed by atoms with E-state index in [-0.39, 0.29) is 17.3 Å². The first kappa shape index (κ1) is 15.0. The normalized spacial score (nSPS) is 11.7. The van der Waals surface area contributed by atoms with E-state index in [0.29, 0.717) is 18.1 Å². The highest BCUT2D eigenvalue weighted by molar-refractivity contribution is 7.89. The van der Waals surface area contributed by atoms with E-state index in [1.807, 2.05) is 0 Å². The SMILES string of the molecule is Cc1noc(CNS(=O)(=O)c2ccc(CCCl)cc2)n1. The summed E-state index contributed by atoms with van der Waals surface area (Å²) in [5.41, 5.74) is 0.992. The first-order valence-electron chi connectivity index (χ1n) is 5.95. The van der Waals surface area contributed by atoms with Crippen molar-refractivity contribution in [1.82, 2.24) is 14.9 Å². The van der Waals surface area contributed by atoms with Gasteiger partial charge in [-0.25, -0.2) is 13.1 Å². The van der Waals surface area contributed by atoms with E-state index in [9.17, 15) is 8.42 Å². The van der Waals surface area contributed by atoms with E-state index >= 15 is 0 Å². The lowest BCUT2D eigenvalue weighted by Gasteiger charge is -2.05. The van der Waals surface area contributed by atoms with Crippen molar-refractivity contribution >= 4 is 21.6 Å². The Morgan fingerprint density at radius 3 is 2.55 bits per heavy atom. The van der Waals surface area contributed by atoms with Gasteiger partial charge in [-0.2, -0.15) is 4.98 Å². The molecule has 1 N–H and O–H groups in total. The molecule has 1 aromatic heterocycles. The minimum atomic E-state index is -3.59. The summed E-state index contributed by atoms with van der Waals surface area (Å²) in [6.07, 6.45) is 0.705. The minimum Gasteiger partial charge on any atom is -0.338 e. The van der Waals surface area contributed by atoms with Gasteiger partial charge in [0.05, 0.1) is 11.4 Å². The molecule has 0 aliphatic carbocycles. The average molecular weight is 316 g/mol. The van der Waals surface area contributed by atoms with Crippen LogP contribution in [0, 0.1) is 6.92 Å². The van der Waals surface area contributed by atoms with E-state index in [1.54, 1.807) is 31.2 Å². The molecule has 0 spiro atoms. The van der Waals surface area contributed by atoms with Crippen molar-refractivity contribution in [3.8, 4) is 0 Å². The Hall–Kier alpha value is -1.44. The van der Waals surface area contributed by atoms with Gasteiger partial charge in [0.25, 0.3) is 0 Å². The van der Waals surface area contributed by atoms with Crippen molar-refractivity contribution < 1.29 is 12.9 Å². The Morgan fingerprint density at radius 2 is 2.00 bits per heavy atom. The summed E-state index contributed by atoms with van der Waals surface area (Å²) >= 11 is 5.63. The maximum absolute atomic E-state index is 12.1. The number of nitrogens with zero attached hydrogens (tertiary/aromatic N) is 2. The molecule has 2 aromatic rings. The fourth-order valence-corrected chi connectivity index (χ4v) is 2.79. The fraction of sp³-hybridized carbons (Fsp3) is 0.333. The quantitative estimate of drug-likeness (QED) is 0.819. The zero-order chi connectivity index (χ0) is 14.6. The molecular weight excluding hydrogens is 302 g/mol. The first-order valence-corrected chi connectivity index (χ1v) is 7.97. The lowest BCUT2D eigenvalue weighted by molar-refractivity contribution is 0.372. The number of nitrogens with one attached hydrogen (secondary N) is 1. The zero-order valence-corrected chi connectivity index (χ0v) is 12.4. The van der Waals surface area contributed by atoms with E-state index in [2.05, 4.69) is 14.9 Å². The molecule has 0 amide bonds. The molecule has 0 unspecified atom stereocenters. The van der Waals surface area contributed by atoms with Crippen LogP contribution in [0.25, 0.3) is 0 Å². The van der Waals surface area contributed by atoms with Crippen molar-refractivity contribution in [3.63, 3.8) is 0 Å². The summed E-state index contributed by atoms with van der Waals surface area (Å²) in [7, 11) is -3.59. The molecule has 1 aromatic carbocycles. The van der Waals surface area contributed by atoms with Gasteiger partial charge in [0, 0.05) is 5.88 Å². The number of alkyl halides is 1. The van der Waals surface area contributed by atoms with Crippen LogP contribution >= 0.6 is 11.6 Å². The van der Waals surface area contributed by atoms with E-state index in [4.69, 9.17) is 16.1 Å². The Morgan fingerprint density at radius 1 is 1.30 bits per heavy atom. The lowest BCUT2D eigenvalue weighted by atomic mass is 10.2. The van der Waals surface area contributed by atoms with Crippen molar-refractivity contribution in [3.05, 3.63) is 41.5 Å². The summed E-state index contributed by atoms with van der Waals surface area (Å²) in [6, 6.07) is 6.58. The molecule has 108 valence electrons. The number of aryl methyl sites for hydroxylation is 2. The number of halogens is 1. The third kappa shape index (κ3) is 3.78. The van der Waals surface area contributed by atoms with Crippen LogP contribution in [0.4, 0.5) is 0 Å². The molecule has 0 aliphatic heterocycles. The second kappa shape index (κ2) is 6.34. The highest BCUT2D eigenvalue weighted by atomic mass is 35.5. The number of hydrogen-bond acceptors (Lipinski definition) is 5. The Bertz CT molecular complexity index is 668. The molecule has 6 nitrogen and oxygen atoms in total. The van der Waals surface area contributed by atoms with Crippen LogP contribution in [0.3, 0.4) is 0 Å². The maximum atomic E-state index is 12.1. The molecule has 0 saturated carbocycles. The molecule has 1 heterocycles. The van der Waals surface area contributed by atoms with Crippen LogP contribution in [0.15, 0.2) is 33.7 Å². The molecule has 8 heteroatoms. The van der Waals surface area contributed by atoms with Crippen LogP contribution in [-0.2, 0) is 23.0 Å². The van der Waals surface area contributed by atoms with Crippen LogP contribution in [-0.4, -0.2) is 24.4 Å². The molecule has 0 saturated heterocycles. The van der Waals surface area contributed by atoms with Gasteiger partial charge in [-0.15, -0.1) is 11.6 Å². The molecule has 2 rings (SSSR count). The van der Waals surface area contributed by atoms with E-state index in [0.717, 1.165) is 5.56 Å². The van der Waals surface area contributed by atoms with Crippen LogP contribution in [0.5, 0.6) is 0 Å². The summed E-state index contributed by atoms with van der Waals surface area (Å²) < 4.78 is 31.4. The molecule has 20 heavy (non-hydrogen) atoms. The number of aromatic nitrogens is 2. The molecular formula is C12H14ClN3O3S. The number of sulfonamides is 1. The summed E-state index contributed by atoms with van der Waals surface area (Å²) in [6.45, 7) is 1.63. The smallest absolute Gasteiger partial charge is 0.241 e. The predicted molar refractivity (Wildman–Crippen MR) is 73.9 cm³/mol. The van der Waals surface area contributed by atoms with Gasteiger partial charge in [0.15, 0.2) is 5.82 Å². The van der Waals surface area contributed by atoms with Crippen molar-refractivity contribution in [1.29, 1.82) is 0 Å². The number of benzene rings is 1. The van der Waals surface area contributed by atoms with Gasteiger partial charge >= 0.3 is 0 Å². The minimum absolute atomic E-state index is 0.0351. The maximum Gasteiger partial charge on any atom is 0.241 e. The standard InChI is InChI=1S/C12H14ClN3O3S/c1-9-15-12(19-16-9)8-14-20(17,18)11-4-2-10(3-5-11)6-7-13/h2-5,14H,6-8H2,1H3. The topological polar surface area (TPSA) is 85.1 Å². The molecule has 0 fully saturated rings. The second-order valence-corrected chi connectivity index (χ2v) is 6.29. The third-order valence-electron chi connectivity index (χ3n) is 2.60. The lowest BCUT2D eigenvalue weighted by Crippen LogP contribution is -2.23. The predicted octanol–water partition coefficient (Wildman–Crippen LogP) is 1.64. The van der Waals surface area contributed by atoms with Crippen molar-refractivity contribution in [2.24, 2.45) is 0 Å². The van der Waals surface area contributed by atoms with Gasteiger partial charge in [-0.1, -0.05) is 17.3 Å². The first-order chi connectivity index (χ1) is 9.51. The Balaban J connectivity index is 2.05. The fourth-order valence-electron chi connectivity index (χ4n) is 1.60. The van der Waals surface area contributed by atoms with Gasteiger partial charge in [0.2, 0.25) is 15.9 Å². The zero-order valence-electron chi connectivity index (χ0n) is 10.8. The number of rotatable bonds is 6. The van der Waals surface area contributed by atoms with Crippen LogP contribution in [0.1, 0.15) is 17.3 Å². The second-order valence-electron chi connectivity index (χ2n) is 4.14. The van der Waals surface area contributed by atoms with E-state index < -0.39 is 10.0 Å². The number of hydrogen-bond donors (Lipinski definition) is 1. The third-order valence-corrected chi connectivity index (χ3v) is 4.21. The summed E-state index contributed by atoms with van der Waals surface area (Å²) in [4.78, 5) is 4.11.